The van der Waals surface area contributed by atoms with Crippen molar-refractivity contribution in [2.45, 2.75) is 55.4 Å². The number of allylic oxidation sites excluding steroid dienone is 1. The van der Waals surface area contributed by atoms with Crippen LogP contribution in [0.25, 0.3) is 11.1 Å². The molecule has 4 rings (SSSR count). The largest absolute Gasteiger partial charge is 0.115 e. The molecule has 0 aliphatic rings. The average Bonchev–Trinajstić information content (AvgIpc) is 2.96. The van der Waals surface area contributed by atoms with Gasteiger partial charge < -0.3 is 0 Å². The first-order valence-corrected chi connectivity index (χ1v) is 18.7. The van der Waals surface area contributed by atoms with E-state index in [1.807, 2.05) is 31.2 Å². The van der Waals surface area contributed by atoms with Gasteiger partial charge in [0.1, 0.15) is 0 Å². The van der Waals surface area contributed by atoms with Crippen molar-refractivity contribution in [3.63, 3.8) is 0 Å². The van der Waals surface area contributed by atoms with Gasteiger partial charge in [-0.15, -0.1) is 30.7 Å². The van der Waals surface area contributed by atoms with Gasteiger partial charge in [-0.2, -0.15) is 0 Å². The summed E-state index contributed by atoms with van der Waals surface area (Å²) in [6.45, 7) is 25.4. The fourth-order valence-electron chi connectivity index (χ4n) is 4.71. The maximum atomic E-state index is 5.14. The highest BCUT2D eigenvalue weighted by Gasteiger charge is 2.12. The Kier molecular flexibility index (Phi) is 16.8. The van der Waals surface area contributed by atoms with E-state index in [9.17, 15) is 0 Å². The summed E-state index contributed by atoms with van der Waals surface area (Å²) in [5.41, 5.74) is 16.9. The maximum Gasteiger partial charge on any atom is 0.0243 e. The van der Waals surface area contributed by atoms with Crippen LogP contribution in [0.15, 0.2) is 86.0 Å². The Bertz CT molecular complexity index is 1520. The van der Waals surface area contributed by atoms with E-state index in [1.54, 1.807) is 0 Å². The number of aryl methyl sites for hydroxylation is 5. The zero-order valence-electron chi connectivity index (χ0n) is 27.2. The number of hydrogen-bond donors (Lipinski definition) is 0. The second-order valence-electron chi connectivity index (χ2n) is 10.7. The van der Waals surface area contributed by atoms with Crippen LogP contribution in [0, 0.1) is 73.2 Å². The minimum atomic E-state index is 0.860. The summed E-state index contributed by atoms with van der Waals surface area (Å²) in [5, 5.41) is 0. The molecule has 0 amide bonds. The predicted molar refractivity (Wildman–Crippen MR) is 205 cm³/mol. The zero-order valence-corrected chi connectivity index (χ0v) is 30.5. The normalized spacial score (nSPS) is 9.40. The lowest BCUT2D eigenvalue weighted by Crippen LogP contribution is -1.99. The molecule has 0 saturated heterocycles. The van der Waals surface area contributed by atoms with Gasteiger partial charge in [0.2, 0.25) is 0 Å². The average molecular weight is 621 g/mol. The molecule has 0 fully saturated rings. The molecule has 2 unspecified atom stereocenters. The number of benzene rings is 4. The molecule has 4 aromatic rings. The monoisotopic (exact) mass is 620 g/mol. The van der Waals surface area contributed by atoms with Gasteiger partial charge in [-0.05, 0) is 124 Å². The van der Waals surface area contributed by atoms with Crippen molar-refractivity contribution in [2.24, 2.45) is 0 Å². The molecule has 0 bridgehead atoms. The van der Waals surface area contributed by atoms with Crippen LogP contribution in [-0.2, 0) is 0 Å². The summed E-state index contributed by atoms with van der Waals surface area (Å²) in [7, 11) is 6.06. The Morgan fingerprint density at radius 3 is 1.33 bits per heavy atom. The van der Waals surface area contributed by atoms with Crippen molar-refractivity contribution < 1.29 is 0 Å². The summed E-state index contributed by atoms with van der Waals surface area (Å²) in [4.78, 5) is 0. The van der Waals surface area contributed by atoms with E-state index in [1.165, 1.54) is 55.6 Å². The molecule has 3 heteroatoms. The molecule has 0 saturated carbocycles. The molecule has 0 N–H and O–H groups in total. The summed E-state index contributed by atoms with van der Waals surface area (Å²) in [5.74, 6) is 5.02. The van der Waals surface area contributed by atoms with Crippen LogP contribution in [-0.4, -0.2) is 0 Å². The van der Waals surface area contributed by atoms with Crippen LogP contribution in [0.5, 0.6) is 0 Å². The molecule has 0 aromatic heterocycles. The van der Waals surface area contributed by atoms with Gasteiger partial charge in [0.05, 0.1) is 0 Å². The lowest BCUT2D eigenvalue weighted by Gasteiger charge is -2.17. The van der Waals surface area contributed by atoms with Crippen molar-refractivity contribution in [3.05, 3.63) is 153 Å². The Balaban J connectivity index is 0.000000348. The Morgan fingerprint density at radius 2 is 0.977 bits per heavy atom. The van der Waals surface area contributed by atoms with Gasteiger partial charge in [-0.3, -0.25) is 0 Å². The molecule has 0 heterocycles. The summed E-state index contributed by atoms with van der Waals surface area (Å²) >= 11 is 0. The van der Waals surface area contributed by atoms with Crippen LogP contribution in [0.4, 0.5) is 0 Å². The van der Waals surface area contributed by atoms with E-state index < -0.39 is 0 Å². The smallest absolute Gasteiger partial charge is 0.0243 e. The van der Waals surface area contributed by atoms with Crippen LogP contribution >= 0.6 is 25.8 Å². The van der Waals surface area contributed by atoms with Crippen molar-refractivity contribution >= 4 is 37.0 Å². The highest BCUT2D eigenvalue weighted by Crippen LogP contribution is 2.31. The van der Waals surface area contributed by atoms with Gasteiger partial charge in [0, 0.05) is 11.1 Å². The number of hydrogen-bond acceptors (Lipinski definition) is 0. The molecule has 0 aliphatic heterocycles. The molecular formula is C40H47P3. The second-order valence-corrected chi connectivity index (χ2v) is 15.0. The first-order chi connectivity index (χ1) is 20.3. The molecule has 0 aliphatic carbocycles. The number of rotatable bonds is 3. The van der Waals surface area contributed by atoms with Gasteiger partial charge >= 0.3 is 0 Å². The van der Waals surface area contributed by atoms with Gasteiger partial charge in [-0.1, -0.05) is 104 Å². The number of terminal acetylenes is 2. The molecule has 43 heavy (non-hydrogen) atoms. The second kappa shape index (κ2) is 19.1. The summed E-state index contributed by atoms with van der Waals surface area (Å²) < 4.78 is 0. The SMILES string of the molecule is C#Cc1ccc(C#C)cc1.C=C(C)c1ccc(C(=C)c2c(C)cc(C)c(C)c2C)cc1.Cc1cc(C)cc(C)c1.PPP. The molecule has 222 valence electrons. The van der Waals surface area contributed by atoms with Crippen LogP contribution in [0.3, 0.4) is 0 Å². The minimum absolute atomic E-state index is 0.860. The molecule has 2 atom stereocenters. The molecular weight excluding hydrogens is 573 g/mol. The highest BCUT2D eigenvalue weighted by atomic mass is 32.4. The van der Waals surface area contributed by atoms with E-state index >= 15 is 0 Å². The lowest BCUT2D eigenvalue weighted by atomic mass is 9.87. The zero-order chi connectivity index (χ0) is 32.7. The Labute approximate surface area is 268 Å². The topological polar surface area (TPSA) is 0 Å². The summed E-state index contributed by atoms with van der Waals surface area (Å²) in [6.07, 6.45) is 10.3. The van der Waals surface area contributed by atoms with Crippen LogP contribution in [0.2, 0.25) is 0 Å². The highest BCUT2D eigenvalue weighted by molar-refractivity contribution is 8.33. The van der Waals surface area contributed by atoms with E-state index in [0.717, 1.165) is 30.2 Å². The molecule has 4 aromatic carbocycles. The first-order valence-electron chi connectivity index (χ1n) is 14.1. The van der Waals surface area contributed by atoms with Crippen molar-refractivity contribution in [1.82, 2.24) is 0 Å². The quantitative estimate of drug-likeness (QED) is 0.158. The first kappa shape index (κ1) is 37.8. The van der Waals surface area contributed by atoms with Crippen LogP contribution in [0.1, 0.15) is 73.7 Å². The molecule has 0 spiro atoms. The fourth-order valence-corrected chi connectivity index (χ4v) is 4.71. The van der Waals surface area contributed by atoms with E-state index in [2.05, 4.69) is 140 Å². The maximum absolute atomic E-state index is 5.14. The Hall–Kier alpha value is -3.23. The van der Waals surface area contributed by atoms with Crippen LogP contribution < -0.4 is 0 Å². The van der Waals surface area contributed by atoms with E-state index in [4.69, 9.17) is 12.8 Å². The lowest BCUT2D eigenvalue weighted by molar-refractivity contribution is 1.21. The minimum Gasteiger partial charge on any atom is -0.115 e. The van der Waals surface area contributed by atoms with Gasteiger partial charge in [0.15, 0.2) is 0 Å². The van der Waals surface area contributed by atoms with E-state index in [-0.39, 0.29) is 0 Å². The molecule has 0 nitrogen and oxygen atoms in total. The molecule has 0 radical (unpaired) electrons. The predicted octanol–water partition coefficient (Wildman–Crippen LogP) is 11.5. The van der Waals surface area contributed by atoms with Crippen molar-refractivity contribution in [1.29, 1.82) is 0 Å². The standard InChI is InChI=1S/C21H24.C10H6.C9H12.H5P3/c1-13(2)19-8-10-20(11-9-19)18(7)21-15(4)12-14(3)16(5)17(21)6;1-3-9-5-7-10(4-2)8-6-9;1-7-4-8(2)6-9(3)5-7;1-3-2/h8-12H,1,7H2,2-6H3;1-2,5-8H;4-6H,1-3H3;3H,1-2H2. The van der Waals surface area contributed by atoms with Crippen molar-refractivity contribution in [3.8, 4) is 24.7 Å². The summed E-state index contributed by atoms with van der Waals surface area (Å²) in [6, 6.07) is 24.6. The third kappa shape index (κ3) is 12.5. The third-order valence-corrected chi connectivity index (χ3v) is 6.97. The van der Waals surface area contributed by atoms with E-state index in [0.29, 0.717) is 0 Å². The Morgan fingerprint density at radius 1 is 0.605 bits per heavy atom. The third-order valence-electron chi connectivity index (χ3n) is 6.97. The van der Waals surface area contributed by atoms with Gasteiger partial charge in [-0.25, -0.2) is 0 Å². The van der Waals surface area contributed by atoms with Gasteiger partial charge in [0.25, 0.3) is 0 Å². The fraction of sp³-hybridized carbons (Fsp3) is 0.200. The van der Waals surface area contributed by atoms with Crippen molar-refractivity contribution in [2.75, 3.05) is 0 Å².